The first-order chi connectivity index (χ1) is 17.9. The molecule has 2 amide bonds. The molecule has 3 N–H and O–H groups in total. The van der Waals surface area contributed by atoms with Gasteiger partial charge in [0, 0.05) is 26.1 Å². The Morgan fingerprint density at radius 3 is 2.62 bits per heavy atom. The summed E-state index contributed by atoms with van der Waals surface area (Å²) in [5, 5.41) is 19.3. The molecule has 1 saturated heterocycles. The standard InChI is InChI=1S/C27H32N6O4/c1-36-22-15-17-11-13-32(27(35)37-19-6-2-3-7-19)16-18(17)14-20(22)26(34)31-24-10-4-8-21(30-24)25(29)33-12-5-9-23(33)28/h4,8,10,14-15,19,28-29H,2-3,5-7,9,11-13,16H2,1H3,(H,30,31,34). The number of likely N-dealkylation sites (tertiary alicyclic amines) is 1. The Morgan fingerprint density at radius 1 is 1.08 bits per heavy atom. The lowest BCUT2D eigenvalue weighted by Crippen LogP contribution is -2.38. The normalized spacial score (nSPS) is 17.5. The zero-order valence-electron chi connectivity index (χ0n) is 21.0. The van der Waals surface area contributed by atoms with Gasteiger partial charge in [-0.1, -0.05) is 6.07 Å². The number of fused-ring (bicyclic) bond motifs is 1. The number of carbonyl (C=O) groups excluding carboxylic acids is 2. The fourth-order valence-corrected chi connectivity index (χ4v) is 5.19. The number of amides is 2. The van der Waals surface area contributed by atoms with Crippen molar-refractivity contribution in [2.75, 3.05) is 25.5 Å². The largest absolute Gasteiger partial charge is 0.496 e. The number of amidine groups is 2. The Balaban J connectivity index is 1.31. The van der Waals surface area contributed by atoms with E-state index in [0.717, 1.165) is 43.2 Å². The van der Waals surface area contributed by atoms with Crippen LogP contribution in [0.1, 0.15) is 65.7 Å². The number of rotatable bonds is 5. The van der Waals surface area contributed by atoms with Crippen LogP contribution in [0.2, 0.25) is 0 Å². The molecule has 37 heavy (non-hydrogen) atoms. The second-order valence-corrected chi connectivity index (χ2v) is 9.70. The SMILES string of the molecule is COc1cc2c(cc1C(=O)Nc1cccc(C(=N)N3CCCC3=N)n1)CN(C(=O)OC1CCCC1)CC2. The molecular weight excluding hydrogens is 472 g/mol. The van der Waals surface area contributed by atoms with Gasteiger partial charge in [0.2, 0.25) is 0 Å². The molecule has 5 rings (SSSR count). The summed E-state index contributed by atoms with van der Waals surface area (Å²) in [5.74, 6) is 0.915. The van der Waals surface area contributed by atoms with Crippen LogP contribution >= 0.6 is 0 Å². The average Bonchev–Trinajstić information content (AvgIpc) is 3.58. The first-order valence-electron chi connectivity index (χ1n) is 12.8. The van der Waals surface area contributed by atoms with E-state index in [0.29, 0.717) is 61.1 Å². The minimum absolute atomic E-state index is 0.00640. The van der Waals surface area contributed by atoms with Gasteiger partial charge in [0.15, 0.2) is 5.84 Å². The van der Waals surface area contributed by atoms with E-state index in [1.807, 2.05) is 6.07 Å². The van der Waals surface area contributed by atoms with Crippen LogP contribution in [0.25, 0.3) is 0 Å². The van der Waals surface area contributed by atoms with Crippen LogP contribution in [0.5, 0.6) is 5.75 Å². The maximum atomic E-state index is 13.3. The summed E-state index contributed by atoms with van der Waals surface area (Å²) >= 11 is 0. The Bertz CT molecular complexity index is 1240. The van der Waals surface area contributed by atoms with E-state index in [9.17, 15) is 9.59 Å². The molecule has 0 spiro atoms. The number of ether oxygens (including phenoxy) is 2. The van der Waals surface area contributed by atoms with E-state index in [4.69, 9.17) is 20.3 Å². The topological polar surface area (TPSA) is 132 Å². The van der Waals surface area contributed by atoms with Crippen molar-refractivity contribution >= 4 is 29.5 Å². The number of methoxy groups -OCH3 is 1. The highest BCUT2D eigenvalue weighted by Gasteiger charge is 2.28. The highest BCUT2D eigenvalue weighted by molar-refractivity contribution is 6.08. The molecule has 10 heteroatoms. The number of anilines is 1. The summed E-state index contributed by atoms with van der Waals surface area (Å²) < 4.78 is 11.2. The highest BCUT2D eigenvalue weighted by atomic mass is 16.6. The molecular formula is C27H32N6O4. The predicted molar refractivity (Wildman–Crippen MR) is 139 cm³/mol. The van der Waals surface area contributed by atoms with Gasteiger partial charge in [-0.3, -0.25) is 15.6 Å². The number of benzene rings is 1. The third-order valence-electron chi connectivity index (χ3n) is 7.23. The van der Waals surface area contributed by atoms with Crippen LogP contribution in [-0.4, -0.2) is 64.8 Å². The molecule has 2 aromatic rings. The lowest BCUT2D eigenvalue weighted by molar-refractivity contribution is 0.0618. The van der Waals surface area contributed by atoms with E-state index in [1.165, 1.54) is 7.11 Å². The number of aromatic nitrogens is 1. The predicted octanol–water partition coefficient (Wildman–Crippen LogP) is 4.18. The average molecular weight is 505 g/mol. The quantitative estimate of drug-likeness (QED) is 0.413. The lowest BCUT2D eigenvalue weighted by Gasteiger charge is -2.30. The van der Waals surface area contributed by atoms with Crippen molar-refractivity contribution < 1.29 is 19.1 Å². The number of nitrogens with zero attached hydrogens (tertiary/aromatic N) is 3. The first kappa shape index (κ1) is 24.7. The van der Waals surface area contributed by atoms with Crippen molar-refractivity contribution in [3.63, 3.8) is 0 Å². The van der Waals surface area contributed by atoms with Gasteiger partial charge in [0.1, 0.15) is 29.2 Å². The van der Waals surface area contributed by atoms with Gasteiger partial charge < -0.3 is 24.6 Å². The summed E-state index contributed by atoms with van der Waals surface area (Å²) in [6.45, 7) is 1.55. The van der Waals surface area contributed by atoms with Gasteiger partial charge in [0.25, 0.3) is 5.91 Å². The number of pyridine rings is 1. The van der Waals surface area contributed by atoms with Gasteiger partial charge in [-0.25, -0.2) is 9.78 Å². The summed E-state index contributed by atoms with van der Waals surface area (Å²) in [7, 11) is 1.53. The van der Waals surface area contributed by atoms with Gasteiger partial charge in [-0.15, -0.1) is 0 Å². The van der Waals surface area contributed by atoms with Crippen molar-refractivity contribution in [1.29, 1.82) is 10.8 Å². The second kappa shape index (κ2) is 10.6. The Kier molecular flexibility index (Phi) is 7.07. The number of nitrogens with one attached hydrogen (secondary N) is 3. The zero-order chi connectivity index (χ0) is 25.9. The minimum Gasteiger partial charge on any atom is -0.496 e. The molecule has 0 atom stereocenters. The molecule has 1 aromatic carbocycles. The van der Waals surface area contributed by atoms with Crippen molar-refractivity contribution in [2.24, 2.45) is 0 Å². The van der Waals surface area contributed by atoms with Crippen LogP contribution in [0.15, 0.2) is 30.3 Å². The number of carbonyl (C=O) groups is 2. The van der Waals surface area contributed by atoms with Crippen LogP contribution < -0.4 is 10.1 Å². The molecule has 3 aliphatic rings. The van der Waals surface area contributed by atoms with Crippen LogP contribution in [0, 0.1) is 10.8 Å². The van der Waals surface area contributed by atoms with E-state index >= 15 is 0 Å². The van der Waals surface area contributed by atoms with Gasteiger partial charge in [-0.2, -0.15) is 0 Å². The minimum atomic E-state index is -0.393. The van der Waals surface area contributed by atoms with E-state index in [2.05, 4.69) is 10.3 Å². The van der Waals surface area contributed by atoms with Gasteiger partial charge in [0.05, 0.1) is 12.7 Å². The fourth-order valence-electron chi connectivity index (χ4n) is 5.19. The molecule has 2 fully saturated rings. The lowest BCUT2D eigenvalue weighted by atomic mass is 9.96. The molecule has 0 bridgehead atoms. The van der Waals surface area contributed by atoms with Crippen molar-refractivity contribution in [1.82, 2.24) is 14.8 Å². The maximum Gasteiger partial charge on any atom is 0.410 e. The smallest absolute Gasteiger partial charge is 0.410 e. The molecule has 194 valence electrons. The van der Waals surface area contributed by atoms with Crippen LogP contribution in [0.4, 0.5) is 10.6 Å². The number of hydrogen-bond acceptors (Lipinski definition) is 7. The van der Waals surface area contributed by atoms with Gasteiger partial charge >= 0.3 is 6.09 Å². The van der Waals surface area contributed by atoms with Crippen molar-refractivity contribution in [3.8, 4) is 5.75 Å². The molecule has 1 aliphatic carbocycles. The van der Waals surface area contributed by atoms with Crippen molar-refractivity contribution in [2.45, 2.75) is 57.6 Å². The first-order valence-corrected chi connectivity index (χ1v) is 12.8. The Hall–Kier alpha value is -3.95. The molecule has 3 heterocycles. The third-order valence-corrected chi connectivity index (χ3v) is 7.23. The Morgan fingerprint density at radius 2 is 1.89 bits per heavy atom. The van der Waals surface area contributed by atoms with Crippen LogP contribution in [-0.2, 0) is 17.7 Å². The van der Waals surface area contributed by atoms with Gasteiger partial charge in [-0.05, 0) is 73.9 Å². The monoisotopic (exact) mass is 504 g/mol. The summed E-state index contributed by atoms with van der Waals surface area (Å²) in [5.41, 5.74) is 2.66. The van der Waals surface area contributed by atoms with E-state index in [1.54, 1.807) is 34.1 Å². The Labute approximate surface area is 216 Å². The zero-order valence-corrected chi connectivity index (χ0v) is 21.0. The highest BCUT2D eigenvalue weighted by Crippen LogP contribution is 2.30. The molecule has 0 unspecified atom stereocenters. The van der Waals surface area contributed by atoms with E-state index in [-0.39, 0.29) is 18.0 Å². The molecule has 0 radical (unpaired) electrons. The maximum absolute atomic E-state index is 13.3. The third kappa shape index (κ3) is 5.28. The summed E-state index contributed by atoms with van der Waals surface area (Å²) in [6, 6.07) is 8.72. The molecule has 2 aliphatic heterocycles. The second-order valence-electron chi connectivity index (χ2n) is 9.70. The fraction of sp³-hybridized carbons (Fsp3) is 0.444. The van der Waals surface area contributed by atoms with Crippen molar-refractivity contribution in [3.05, 3.63) is 52.7 Å². The van der Waals surface area contributed by atoms with E-state index < -0.39 is 5.91 Å². The molecule has 10 nitrogen and oxygen atoms in total. The molecule has 1 aromatic heterocycles. The van der Waals surface area contributed by atoms with Crippen LogP contribution in [0.3, 0.4) is 0 Å². The summed E-state index contributed by atoms with van der Waals surface area (Å²) in [6.07, 6.45) is 5.89. The molecule has 1 saturated carbocycles. The summed E-state index contributed by atoms with van der Waals surface area (Å²) in [4.78, 5) is 33.8. The number of hydrogen-bond donors (Lipinski definition) is 3.